The fourth-order valence-electron chi connectivity index (χ4n) is 2.69. The smallest absolute Gasteiger partial charge is 0.236 e. The Morgan fingerprint density at radius 2 is 2.26 bits per heavy atom. The zero-order valence-corrected chi connectivity index (χ0v) is 13.7. The summed E-state index contributed by atoms with van der Waals surface area (Å²) in [4.78, 5) is 15.8. The van der Waals surface area contributed by atoms with E-state index in [2.05, 4.69) is 4.90 Å². The molecule has 0 radical (unpaired) electrons. The summed E-state index contributed by atoms with van der Waals surface area (Å²) in [5.41, 5.74) is 0. The SMILES string of the molecule is CC(O)C1CCN(CC(=O)N(C)CCOc2ccccc2F)C1. The van der Waals surface area contributed by atoms with E-state index in [1.807, 2.05) is 0 Å². The zero-order chi connectivity index (χ0) is 16.8. The van der Waals surface area contributed by atoms with Gasteiger partial charge in [-0.05, 0) is 37.9 Å². The van der Waals surface area contributed by atoms with Crippen LogP contribution in [0.3, 0.4) is 0 Å². The molecule has 2 atom stereocenters. The molecule has 1 aliphatic rings. The summed E-state index contributed by atoms with van der Waals surface area (Å²) < 4.78 is 18.8. The monoisotopic (exact) mass is 324 g/mol. The highest BCUT2D eigenvalue weighted by Gasteiger charge is 2.27. The van der Waals surface area contributed by atoms with E-state index in [0.717, 1.165) is 19.5 Å². The normalized spacial score (nSPS) is 19.6. The number of nitrogens with zero attached hydrogens (tertiary/aromatic N) is 2. The lowest BCUT2D eigenvalue weighted by Crippen LogP contribution is -2.39. The Labute approximate surface area is 136 Å². The molecule has 0 aromatic heterocycles. The van der Waals surface area contributed by atoms with Gasteiger partial charge in [0.15, 0.2) is 11.6 Å². The molecular formula is C17H25FN2O3. The van der Waals surface area contributed by atoms with Crippen molar-refractivity contribution in [3.8, 4) is 5.75 Å². The van der Waals surface area contributed by atoms with Gasteiger partial charge < -0.3 is 14.7 Å². The number of carbonyl (C=O) groups is 1. The van der Waals surface area contributed by atoms with Crippen molar-refractivity contribution in [1.82, 2.24) is 9.80 Å². The largest absolute Gasteiger partial charge is 0.489 e. The highest BCUT2D eigenvalue weighted by molar-refractivity contribution is 5.78. The molecule has 2 unspecified atom stereocenters. The highest BCUT2D eigenvalue weighted by Crippen LogP contribution is 2.19. The Bertz CT molecular complexity index is 524. The van der Waals surface area contributed by atoms with Crippen molar-refractivity contribution in [3.63, 3.8) is 0 Å². The molecule has 0 aliphatic carbocycles. The first-order valence-corrected chi connectivity index (χ1v) is 7.99. The summed E-state index contributed by atoms with van der Waals surface area (Å²) in [6, 6.07) is 6.22. The predicted molar refractivity (Wildman–Crippen MR) is 85.8 cm³/mol. The number of aliphatic hydroxyl groups excluding tert-OH is 1. The van der Waals surface area contributed by atoms with Crippen LogP contribution in [-0.4, -0.2) is 66.8 Å². The van der Waals surface area contributed by atoms with Crippen LogP contribution in [0.15, 0.2) is 24.3 Å². The number of likely N-dealkylation sites (tertiary alicyclic amines) is 1. The van der Waals surface area contributed by atoms with Gasteiger partial charge in [0.25, 0.3) is 0 Å². The maximum atomic E-state index is 13.4. The van der Waals surface area contributed by atoms with Crippen LogP contribution in [0.5, 0.6) is 5.75 Å². The van der Waals surface area contributed by atoms with E-state index in [9.17, 15) is 14.3 Å². The van der Waals surface area contributed by atoms with Crippen LogP contribution in [0.4, 0.5) is 4.39 Å². The maximum absolute atomic E-state index is 13.4. The molecule has 5 nitrogen and oxygen atoms in total. The van der Waals surface area contributed by atoms with Crippen molar-refractivity contribution in [2.24, 2.45) is 5.92 Å². The summed E-state index contributed by atoms with van der Waals surface area (Å²) in [6.45, 7) is 4.38. The first-order valence-electron chi connectivity index (χ1n) is 7.99. The lowest BCUT2D eigenvalue weighted by Gasteiger charge is -2.22. The molecule has 0 spiro atoms. The molecule has 2 rings (SSSR count). The minimum absolute atomic E-state index is 0.00776. The van der Waals surface area contributed by atoms with Gasteiger partial charge in [0.05, 0.1) is 19.2 Å². The second-order valence-corrected chi connectivity index (χ2v) is 6.12. The third-order valence-corrected chi connectivity index (χ3v) is 4.30. The summed E-state index contributed by atoms with van der Waals surface area (Å²) in [5.74, 6) is 0.0567. The van der Waals surface area contributed by atoms with E-state index in [1.54, 1.807) is 37.1 Å². The lowest BCUT2D eigenvalue weighted by atomic mass is 10.0. The van der Waals surface area contributed by atoms with E-state index < -0.39 is 5.82 Å². The van der Waals surface area contributed by atoms with Crippen molar-refractivity contribution in [3.05, 3.63) is 30.1 Å². The van der Waals surface area contributed by atoms with Crippen LogP contribution < -0.4 is 4.74 Å². The molecule has 1 fully saturated rings. The van der Waals surface area contributed by atoms with Gasteiger partial charge in [0, 0.05) is 13.6 Å². The summed E-state index contributed by atoms with van der Waals surface area (Å²) in [7, 11) is 1.72. The van der Waals surface area contributed by atoms with Crippen molar-refractivity contribution in [1.29, 1.82) is 0 Å². The van der Waals surface area contributed by atoms with Gasteiger partial charge in [-0.1, -0.05) is 12.1 Å². The number of amides is 1. The standard InChI is InChI=1S/C17H25FN2O3/c1-13(21)14-7-8-20(11-14)12-17(22)19(2)9-10-23-16-6-4-3-5-15(16)18/h3-6,13-14,21H,7-12H2,1-2H3. The Balaban J connectivity index is 1.70. The van der Waals surface area contributed by atoms with Gasteiger partial charge in [-0.15, -0.1) is 0 Å². The second-order valence-electron chi connectivity index (χ2n) is 6.12. The first-order chi connectivity index (χ1) is 11.0. The Morgan fingerprint density at radius 3 is 2.91 bits per heavy atom. The molecule has 1 aromatic carbocycles. The van der Waals surface area contributed by atoms with Crippen LogP contribution in [0.1, 0.15) is 13.3 Å². The molecular weight excluding hydrogens is 299 g/mol. The molecule has 0 bridgehead atoms. The quantitative estimate of drug-likeness (QED) is 0.823. The average Bonchev–Trinajstić information content (AvgIpc) is 2.97. The van der Waals surface area contributed by atoms with Gasteiger partial charge in [0.1, 0.15) is 6.61 Å². The summed E-state index contributed by atoms with van der Waals surface area (Å²) in [6.07, 6.45) is 0.590. The van der Waals surface area contributed by atoms with Crippen molar-refractivity contribution in [2.45, 2.75) is 19.4 Å². The van der Waals surface area contributed by atoms with E-state index in [-0.39, 0.29) is 30.3 Å². The average molecular weight is 324 g/mol. The third kappa shape index (κ3) is 5.18. The number of carbonyl (C=O) groups excluding carboxylic acids is 1. The number of para-hydroxylation sites is 1. The number of aliphatic hydroxyl groups is 1. The molecule has 1 amide bonds. The zero-order valence-electron chi connectivity index (χ0n) is 13.7. The number of ether oxygens (including phenoxy) is 1. The van der Waals surface area contributed by atoms with E-state index >= 15 is 0 Å². The third-order valence-electron chi connectivity index (χ3n) is 4.30. The minimum Gasteiger partial charge on any atom is -0.489 e. The molecule has 6 heteroatoms. The molecule has 128 valence electrons. The van der Waals surface area contributed by atoms with E-state index in [1.165, 1.54) is 6.07 Å². The topological polar surface area (TPSA) is 53.0 Å². The molecule has 0 saturated carbocycles. The maximum Gasteiger partial charge on any atom is 0.236 e. The van der Waals surface area contributed by atoms with Crippen molar-refractivity contribution >= 4 is 5.91 Å². The number of rotatable bonds is 7. The molecule has 1 N–H and O–H groups in total. The van der Waals surface area contributed by atoms with Gasteiger partial charge in [0.2, 0.25) is 5.91 Å². The van der Waals surface area contributed by atoms with E-state index in [4.69, 9.17) is 4.74 Å². The number of likely N-dealkylation sites (N-methyl/N-ethyl adjacent to an activating group) is 1. The van der Waals surface area contributed by atoms with Gasteiger partial charge >= 0.3 is 0 Å². The Morgan fingerprint density at radius 1 is 1.52 bits per heavy atom. The van der Waals surface area contributed by atoms with Crippen LogP contribution in [0.2, 0.25) is 0 Å². The van der Waals surface area contributed by atoms with Gasteiger partial charge in [-0.25, -0.2) is 4.39 Å². The number of hydrogen-bond donors (Lipinski definition) is 1. The molecule has 1 aliphatic heterocycles. The second kappa shape index (κ2) is 8.26. The molecule has 1 saturated heterocycles. The fourth-order valence-corrected chi connectivity index (χ4v) is 2.69. The number of halogens is 1. The molecule has 23 heavy (non-hydrogen) atoms. The van der Waals surface area contributed by atoms with Crippen molar-refractivity contribution in [2.75, 3.05) is 39.8 Å². The van der Waals surface area contributed by atoms with E-state index in [0.29, 0.717) is 13.1 Å². The molecule has 1 heterocycles. The highest BCUT2D eigenvalue weighted by atomic mass is 19.1. The van der Waals surface area contributed by atoms with Crippen LogP contribution in [0.25, 0.3) is 0 Å². The number of benzene rings is 1. The lowest BCUT2D eigenvalue weighted by molar-refractivity contribution is -0.131. The van der Waals surface area contributed by atoms with Crippen molar-refractivity contribution < 1.29 is 19.0 Å². The van der Waals surface area contributed by atoms with Crippen LogP contribution in [-0.2, 0) is 4.79 Å². The molecule has 1 aromatic rings. The first kappa shape index (κ1) is 17.7. The summed E-state index contributed by atoms with van der Waals surface area (Å²) >= 11 is 0. The van der Waals surface area contributed by atoms with Gasteiger partial charge in [-0.2, -0.15) is 0 Å². The Hall–Kier alpha value is -1.66. The minimum atomic E-state index is -0.400. The van der Waals surface area contributed by atoms with Crippen LogP contribution in [0, 0.1) is 11.7 Å². The Kier molecular flexibility index (Phi) is 6.36. The fraction of sp³-hybridized carbons (Fsp3) is 0.588. The van der Waals surface area contributed by atoms with Gasteiger partial charge in [-0.3, -0.25) is 9.69 Å². The number of hydrogen-bond acceptors (Lipinski definition) is 4. The van der Waals surface area contributed by atoms with Crippen LogP contribution >= 0.6 is 0 Å². The summed E-state index contributed by atoms with van der Waals surface area (Å²) in [5, 5.41) is 9.59. The predicted octanol–water partition coefficient (Wildman–Crippen LogP) is 1.37.